The highest BCUT2D eigenvalue weighted by Crippen LogP contribution is 2.44. The van der Waals surface area contributed by atoms with E-state index in [0.29, 0.717) is 17.5 Å². The van der Waals surface area contributed by atoms with Crippen molar-refractivity contribution in [2.24, 2.45) is 0 Å². The van der Waals surface area contributed by atoms with Crippen LogP contribution in [0.5, 0.6) is 0 Å². The van der Waals surface area contributed by atoms with Crippen LogP contribution in [-0.2, 0) is 0 Å². The van der Waals surface area contributed by atoms with E-state index in [-0.39, 0.29) is 0 Å². The lowest BCUT2D eigenvalue weighted by Gasteiger charge is -2.18. The Morgan fingerprint density at radius 2 is 0.839 bits per heavy atom. The van der Waals surface area contributed by atoms with Gasteiger partial charge in [-0.3, -0.25) is 0 Å². The summed E-state index contributed by atoms with van der Waals surface area (Å²) in [7, 11) is 0. The van der Waals surface area contributed by atoms with Gasteiger partial charge in [0.2, 0.25) is 0 Å². The van der Waals surface area contributed by atoms with Crippen LogP contribution in [0.25, 0.3) is 115 Å². The van der Waals surface area contributed by atoms with Gasteiger partial charge in [0.25, 0.3) is 0 Å². The number of para-hydroxylation sites is 1. The number of thiophene rings is 1. The van der Waals surface area contributed by atoms with Crippen molar-refractivity contribution in [3.63, 3.8) is 0 Å². The van der Waals surface area contributed by atoms with E-state index in [0.717, 1.165) is 55.7 Å². The molecule has 0 saturated heterocycles. The van der Waals surface area contributed by atoms with Crippen LogP contribution < -0.4 is 0 Å². The molecule has 0 aliphatic rings. The Labute approximate surface area is 362 Å². The molecule has 0 N–H and O–H groups in total. The Hall–Kier alpha value is -7.99. The molecule has 0 fully saturated rings. The van der Waals surface area contributed by atoms with Crippen LogP contribution in [0.1, 0.15) is 0 Å². The van der Waals surface area contributed by atoms with E-state index >= 15 is 0 Å². The first-order chi connectivity index (χ1) is 30.7. The Bertz CT molecular complexity index is 3610. The van der Waals surface area contributed by atoms with Gasteiger partial charge in [-0.1, -0.05) is 194 Å². The molecule has 290 valence electrons. The van der Waals surface area contributed by atoms with Crippen LogP contribution in [0.15, 0.2) is 218 Å². The van der Waals surface area contributed by atoms with E-state index in [2.05, 4.69) is 199 Å². The zero-order chi connectivity index (χ0) is 41.0. The highest BCUT2D eigenvalue weighted by molar-refractivity contribution is 7.26. The van der Waals surface area contributed by atoms with Crippen molar-refractivity contribution >= 4 is 53.3 Å². The summed E-state index contributed by atoms with van der Waals surface area (Å²) >= 11 is 1.86. The predicted octanol–water partition coefficient (Wildman–Crippen LogP) is 15.3. The third-order valence-electron chi connectivity index (χ3n) is 11.9. The van der Waals surface area contributed by atoms with Gasteiger partial charge < -0.3 is 4.57 Å². The summed E-state index contributed by atoms with van der Waals surface area (Å²) in [5.41, 5.74) is 12.8. The predicted molar refractivity (Wildman–Crippen MR) is 260 cm³/mol. The molecule has 0 atom stereocenters. The van der Waals surface area contributed by atoms with Crippen LogP contribution >= 0.6 is 11.3 Å². The third kappa shape index (κ3) is 6.09. The molecule has 12 aromatic rings. The van der Waals surface area contributed by atoms with Crippen molar-refractivity contribution in [1.29, 1.82) is 0 Å². The minimum absolute atomic E-state index is 0.604. The Morgan fingerprint density at radius 1 is 0.323 bits per heavy atom. The lowest BCUT2D eigenvalue weighted by atomic mass is 9.96. The van der Waals surface area contributed by atoms with E-state index in [1.165, 1.54) is 42.1 Å². The fraction of sp³-hybridized carbons (Fsp3) is 0. The first kappa shape index (κ1) is 35.9. The summed E-state index contributed by atoms with van der Waals surface area (Å²) in [6.45, 7) is 0. The fourth-order valence-corrected chi connectivity index (χ4v) is 10.2. The fourth-order valence-electron chi connectivity index (χ4n) is 8.97. The first-order valence-corrected chi connectivity index (χ1v) is 21.7. The molecule has 3 aromatic heterocycles. The van der Waals surface area contributed by atoms with Crippen LogP contribution in [-0.4, -0.2) is 19.5 Å². The molecule has 0 saturated carbocycles. The maximum Gasteiger partial charge on any atom is 0.166 e. The van der Waals surface area contributed by atoms with Crippen LogP contribution in [0, 0.1) is 0 Å². The molecule has 0 aliphatic heterocycles. The molecular weight excluding hydrogens is 773 g/mol. The average molecular weight is 809 g/mol. The molecule has 0 amide bonds. The zero-order valence-corrected chi connectivity index (χ0v) is 34.3. The summed E-state index contributed by atoms with van der Waals surface area (Å²) in [6.07, 6.45) is 0. The molecule has 0 bridgehead atoms. The van der Waals surface area contributed by atoms with Gasteiger partial charge in [-0.15, -0.1) is 11.3 Å². The quantitative estimate of drug-likeness (QED) is 0.161. The normalized spacial score (nSPS) is 11.5. The van der Waals surface area contributed by atoms with Gasteiger partial charge in [-0.2, -0.15) is 0 Å². The van der Waals surface area contributed by atoms with E-state index in [1.807, 2.05) is 35.6 Å². The highest BCUT2D eigenvalue weighted by Gasteiger charge is 2.23. The zero-order valence-electron chi connectivity index (χ0n) is 33.5. The van der Waals surface area contributed by atoms with E-state index in [1.54, 1.807) is 0 Å². The van der Waals surface area contributed by atoms with Crippen molar-refractivity contribution in [3.8, 4) is 73.2 Å². The molecule has 5 heteroatoms. The van der Waals surface area contributed by atoms with E-state index in [4.69, 9.17) is 15.0 Å². The Balaban J connectivity index is 1.13. The summed E-state index contributed by atoms with van der Waals surface area (Å²) in [5.74, 6) is 1.84. The standard InChI is InChI=1S/C57H36N4S/c1-4-16-37(17-5-1)38-30-32-41(33-31-38)56-58-55(40-20-8-3-9-21-40)59-57(60-56)53-43(39-18-6-2-7-19-39)24-15-28-50(53)61-49-27-12-10-22-45(49)46-35-34-42(36-51(46)61)44-25-14-26-48-47-23-11-13-29-52(47)62-54(44)48/h1-36H. The Kier molecular flexibility index (Phi) is 8.65. The van der Waals surface area contributed by atoms with Gasteiger partial charge in [-0.05, 0) is 57.6 Å². The van der Waals surface area contributed by atoms with Crippen LogP contribution in [0.2, 0.25) is 0 Å². The SMILES string of the molecule is c1ccc(-c2ccc(-c3nc(-c4ccccc4)nc(-c4c(-c5ccccc5)cccc4-n4c5ccccc5c5ccc(-c6cccc7c6sc6ccccc67)cc54)n3)cc2)cc1. The minimum Gasteiger partial charge on any atom is -0.308 e. The largest absolute Gasteiger partial charge is 0.308 e. The number of hydrogen-bond donors (Lipinski definition) is 0. The molecule has 12 rings (SSSR count). The van der Waals surface area contributed by atoms with Crippen LogP contribution in [0.4, 0.5) is 0 Å². The van der Waals surface area contributed by atoms with Crippen LogP contribution in [0.3, 0.4) is 0 Å². The highest BCUT2D eigenvalue weighted by atomic mass is 32.1. The van der Waals surface area contributed by atoms with E-state index < -0.39 is 0 Å². The molecule has 4 nitrogen and oxygen atoms in total. The Morgan fingerprint density at radius 3 is 1.60 bits per heavy atom. The number of aromatic nitrogens is 4. The van der Waals surface area contributed by atoms with Gasteiger partial charge in [0.1, 0.15) is 0 Å². The van der Waals surface area contributed by atoms with Crippen molar-refractivity contribution in [2.45, 2.75) is 0 Å². The number of hydrogen-bond acceptors (Lipinski definition) is 4. The van der Waals surface area contributed by atoms with Gasteiger partial charge in [0.05, 0.1) is 22.3 Å². The van der Waals surface area contributed by atoms with Gasteiger partial charge >= 0.3 is 0 Å². The molecule has 3 heterocycles. The molecule has 0 aliphatic carbocycles. The topological polar surface area (TPSA) is 43.6 Å². The molecule has 0 spiro atoms. The van der Waals surface area contributed by atoms with Crippen molar-refractivity contribution in [2.75, 3.05) is 0 Å². The summed E-state index contributed by atoms with van der Waals surface area (Å²) in [5, 5.41) is 4.95. The third-order valence-corrected chi connectivity index (χ3v) is 13.1. The maximum atomic E-state index is 5.40. The monoisotopic (exact) mass is 808 g/mol. The summed E-state index contributed by atoms with van der Waals surface area (Å²) in [4.78, 5) is 15.9. The van der Waals surface area contributed by atoms with Gasteiger partial charge in [0.15, 0.2) is 17.5 Å². The van der Waals surface area contributed by atoms with Crippen molar-refractivity contribution < 1.29 is 0 Å². The average Bonchev–Trinajstić information content (AvgIpc) is 3.90. The number of benzene rings is 9. The summed E-state index contributed by atoms with van der Waals surface area (Å²) < 4.78 is 5.01. The molecule has 0 unspecified atom stereocenters. The van der Waals surface area contributed by atoms with Crippen molar-refractivity contribution in [1.82, 2.24) is 19.5 Å². The summed E-state index contributed by atoms with van der Waals surface area (Å²) in [6, 6.07) is 77.4. The lowest BCUT2D eigenvalue weighted by Crippen LogP contribution is -2.05. The lowest BCUT2D eigenvalue weighted by molar-refractivity contribution is 1.06. The van der Waals surface area contributed by atoms with Gasteiger partial charge in [0, 0.05) is 42.1 Å². The number of nitrogens with zero attached hydrogens (tertiary/aromatic N) is 4. The van der Waals surface area contributed by atoms with Gasteiger partial charge in [-0.25, -0.2) is 15.0 Å². The minimum atomic E-state index is 0.604. The second-order valence-corrected chi connectivity index (χ2v) is 16.6. The maximum absolute atomic E-state index is 5.40. The van der Waals surface area contributed by atoms with Crippen molar-refractivity contribution in [3.05, 3.63) is 218 Å². The smallest absolute Gasteiger partial charge is 0.166 e. The molecule has 9 aromatic carbocycles. The van der Waals surface area contributed by atoms with E-state index in [9.17, 15) is 0 Å². The number of fused-ring (bicyclic) bond motifs is 6. The molecule has 0 radical (unpaired) electrons. The second-order valence-electron chi connectivity index (χ2n) is 15.5. The molecule has 62 heavy (non-hydrogen) atoms. The number of rotatable bonds is 7. The second kappa shape index (κ2) is 14.9. The molecular formula is C57H36N4S. The first-order valence-electron chi connectivity index (χ1n) is 20.9.